The summed E-state index contributed by atoms with van der Waals surface area (Å²) in [6, 6.07) is 7.56. The molecule has 0 spiro atoms. The van der Waals surface area contributed by atoms with E-state index in [0.717, 1.165) is 49.8 Å². The minimum Gasteiger partial charge on any atom is -0.366 e. The Bertz CT molecular complexity index is 738. The molecule has 0 radical (unpaired) electrons. The van der Waals surface area contributed by atoms with Gasteiger partial charge in [0.2, 0.25) is 11.8 Å². The highest BCUT2D eigenvalue weighted by atomic mass is 16.5. The SMILES string of the molecule is NC(=O)c1cccc(CN2CCC[C@H](c3noc(C4CC4)n3)C2)c1. The first-order valence-corrected chi connectivity index (χ1v) is 8.63. The molecule has 24 heavy (non-hydrogen) atoms. The quantitative estimate of drug-likeness (QED) is 0.912. The van der Waals surface area contributed by atoms with Crippen LogP contribution >= 0.6 is 0 Å². The highest BCUT2D eigenvalue weighted by molar-refractivity contribution is 5.92. The van der Waals surface area contributed by atoms with Crippen molar-refractivity contribution in [1.29, 1.82) is 0 Å². The van der Waals surface area contributed by atoms with Crippen LogP contribution in [-0.4, -0.2) is 34.0 Å². The monoisotopic (exact) mass is 326 g/mol. The molecule has 6 heteroatoms. The topological polar surface area (TPSA) is 85.3 Å². The lowest BCUT2D eigenvalue weighted by molar-refractivity contribution is 0.1000. The molecule has 2 fully saturated rings. The van der Waals surface area contributed by atoms with Crippen LogP contribution in [0.15, 0.2) is 28.8 Å². The molecule has 1 aliphatic heterocycles. The van der Waals surface area contributed by atoms with Crippen LogP contribution in [0.3, 0.4) is 0 Å². The average molecular weight is 326 g/mol. The summed E-state index contributed by atoms with van der Waals surface area (Å²) in [7, 11) is 0. The molecule has 1 aliphatic carbocycles. The van der Waals surface area contributed by atoms with Crippen molar-refractivity contribution in [2.24, 2.45) is 5.73 Å². The maximum atomic E-state index is 11.3. The van der Waals surface area contributed by atoms with Crippen molar-refractivity contribution in [1.82, 2.24) is 15.0 Å². The fourth-order valence-electron chi connectivity index (χ4n) is 3.40. The lowest BCUT2D eigenvalue weighted by Crippen LogP contribution is -2.34. The fraction of sp³-hybridized carbons (Fsp3) is 0.500. The predicted octanol–water partition coefficient (Wildman–Crippen LogP) is 2.43. The first kappa shape index (κ1) is 15.3. The molecule has 6 nitrogen and oxygen atoms in total. The minimum absolute atomic E-state index is 0.328. The molecule has 1 saturated carbocycles. The van der Waals surface area contributed by atoms with Crippen molar-refractivity contribution in [3.05, 3.63) is 47.1 Å². The van der Waals surface area contributed by atoms with Crippen LogP contribution in [0.4, 0.5) is 0 Å². The Morgan fingerprint density at radius 3 is 2.96 bits per heavy atom. The number of carbonyl (C=O) groups is 1. The third-order valence-electron chi connectivity index (χ3n) is 4.87. The van der Waals surface area contributed by atoms with E-state index in [2.05, 4.69) is 15.0 Å². The Kier molecular flexibility index (Phi) is 4.06. The van der Waals surface area contributed by atoms with Gasteiger partial charge in [0.05, 0.1) is 0 Å². The Morgan fingerprint density at radius 2 is 2.17 bits per heavy atom. The van der Waals surface area contributed by atoms with Gasteiger partial charge in [-0.3, -0.25) is 9.69 Å². The normalized spacial score (nSPS) is 21.8. The van der Waals surface area contributed by atoms with E-state index in [0.29, 0.717) is 17.4 Å². The molecular formula is C18H22N4O2. The third-order valence-corrected chi connectivity index (χ3v) is 4.87. The number of primary amides is 1. The van der Waals surface area contributed by atoms with Gasteiger partial charge in [0.25, 0.3) is 0 Å². The van der Waals surface area contributed by atoms with E-state index >= 15 is 0 Å². The summed E-state index contributed by atoms with van der Waals surface area (Å²) >= 11 is 0. The number of likely N-dealkylation sites (tertiary alicyclic amines) is 1. The summed E-state index contributed by atoms with van der Waals surface area (Å²) in [6.45, 7) is 2.78. The molecule has 1 aromatic heterocycles. The number of nitrogens with two attached hydrogens (primary N) is 1. The highest BCUT2D eigenvalue weighted by Gasteiger charge is 2.32. The van der Waals surface area contributed by atoms with Crippen LogP contribution in [0, 0.1) is 0 Å². The second-order valence-electron chi connectivity index (χ2n) is 6.90. The molecule has 0 bridgehead atoms. The van der Waals surface area contributed by atoms with E-state index in [-0.39, 0.29) is 5.91 Å². The van der Waals surface area contributed by atoms with Crippen LogP contribution in [0.5, 0.6) is 0 Å². The van der Waals surface area contributed by atoms with Gasteiger partial charge in [0.15, 0.2) is 5.82 Å². The van der Waals surface area contributed by atoms with E-state index in [1.807, 2.05) is 18.2 Å². The molecule has 2 N–H and O–H groups in total. The zero-order valence-electron chi connectivity index (χ0n) is 13.6. The number of carbonyl (C=O) groups excluding carboxylic acids is 1. The summed E-state index contributed by atoms with van der Waals surface area (Å²) in [5.41, 5.74) is 7.04. The molecule has 1 saturated heterocycles. The van der Waals surface area contributed by atoms with E-state index in [4.69, 9.17) is 10.3 Å². The zero-order valence-corrected chi connectivity index (χ0v) is 13.6. The van der Waals surface area contributed by atoms with Crippen molar-refractivity contribution >= 4 is 5.91 Å². The van der Waals surface area contributed by atoms with Crippen LogP contribution in [0.25, 0.3) is 0 Å². The van der Waals surface area contributed by atoms with Crippen LogP contribution in [0.2, 0.25) is 0 Å². The molecule has 1 amide bonds. The second-order valence-corrected chi connectivity index (χ2v) is 6.90. The molecule has 1 aromatic carbocycles. The molecule has 4 rings (SSSR count). The van der Waals surface area contributed by atoms with Gasteiger partial charge in [-0.05, 0) is 49.9 Å². The summed E-state index contributed by atoms with van der Waals surface area (Å²) in [4.78, 5) is 18.3. The Labute approximate surface area is 141 Å². The van der Waals surface area contributed by atoms with Gasteiger partial charge >= 0.3 is 0 Å². The molecule has 126 valence electrons. The number of aromatic nitrogens is 2. The number of rotatable bonds is 5. The van der Waals surface area contributed by atoms with Gasteiger partial charge in [0, 0.05) is 30.5 Å². The summed E-state index contributed by atoms with van der Waals surface area (Å²) in [5, 5.41) is 4.21. The van der Waals surface area contributed by atoms with Gasteiger partial charge < -0.3 is 10.3 Å². The zero-order chi connectivity index (χ0) is 16.5. The second kappa shape index (κ2) is 6.36. The van der Waals surface area contributed by atoms with Crippen LogP contribution in [0.1, 0.15) is 65.2 Å². The van der Waals surface area contributed by atoms with E-state index in [1.165, 1.54) is 12.8 Å². The van der Waals surface area contributed by atoms with E-state index in [9.17, 15) is 4.79 Å². The number of benzene rings is 1. The number of piperidine rings is 1. The number of hydrogen-bond donors (Lipinski definition) is 1. The van der Waals surface area contributed by atoms with Crippen molar-refractivity contribution in [3.8, 4) is 0 Å². The molecule has 2 heterocycles. The number of hydrogen-bond acceptors (Lipinski definition) is 5. The smallest absolute Gasteiger partial charge is 0.248 e. The van der Waals surface area contributed by atoms with Crippen molar-refractivity contribution in [2.75, 3.05) is 13.1 Å². The molecule has 2 aliphatic rings. The summed E-state index contributed by atoms with van der Waals surface area (Å²) in [5.74, 6) is 2.12. The van der Waals surface area contributed by atoms with Crippen molar-refractivity contribution in [3.63, 3.8) is 0 Å². The third kappa shape index (κ3) is 3.33. The summed E-state index contributed by atoms with van der Waals surface area (Å²) < 4.78 is 5.41. The molecule has 2 aromatic rings. The Morgan fingerprint density at radius 1 is 1.29 bits per heavy atom. The fourth-order valence-corrected chi connectivity index (χ4v) is 3.40. The van der Waals surface area contributed by atoms with Crippen LogP contribution in [-0.2, 0) is 6.54 Å². The largest absolute Gasteiger partial charge is 0.366 e. The first-order chi connectivity index (χ1) is 11.7. The predicted molar refractivity (Wildman–Crippen MR) is 88.5 cm³/mol. The minimum atomic E-state index is -0.382. The van der Waals surface area contributed by atoms with Crippen LogP contribution < -0.4 is 5.73 Å². The highest BCUT2D eigenvalue weighted by Crippen LogP contribution is 2.39. The summed E-state index contributed by atoms with van der Waals surface area (Å²) in [6.07, 6.45) is 4.57. The Hall–Kier alpha value is -2.21. The first-order valence-electron chi connectivity index (χ1n) is 8.63. The lowest BCUT2D eigenvalue weighted by Gasteiger charge is -2.31. The standard InChI is InChI=1S/C18H22N4O2/c19-16(23)14-4-1-3-12(9-14)10-22-8-2-5-15(11-22)17-20-18(24-21-17)13-6-7-13/h1,3-4,9,13,15H,2,5-8,10-11H2,(H2,19,23)/t15-/m0/s1. The molecular weight excluding hydrogens is 304 g/mol. The number of amides is 1. The van der Waals surface area contributed by atoms with E-state index in [1.54, 1.807) is 6.07 Å². The number of nitrogens with zero attached hydrogens (tertiary/aromatic N) is 3. The van der Waals surface area contributed by atoms with Gasteiger partial charge in [-0.15, -0.1) is 0 Å². The van der Waals surface area contributed by atoms with Gasteiger partial charge in [-0.2, -0.15) is 4.98 Å². The van der Waals surface area contributed by atoms with E-state index < -0.39 is 0 Å². The van der Waals surface area contributed by atoms with Crippen molar-refractivity contribution in [2.45, 2.75) is 44.1 Å². The average Bonchev–Trinajstić information content (AvgIpc) is 3.32. The maximum absolute atomic E-state index is 11.3. The molecule has 0 unspecified atom stereocenters. The van der Waals surface area contributed by atoms with Crippen molar-refractivity contribution < 1.29 is 9.32 Å². The van der Waals surface area contributed by atoms with Gasteiger partial charge in [0.1, 0.15) is 0 Å². The maximum Gasteiger partial charge on any atom is 0.248 e. The van der Waals surface area contributed by atoms with Gasteiger partial charge in [-0.1, -0.05) is 17.3 Å². The lowest BCUT2D eigenvalue weighted by atomic mass is 9.96. The van der Waals surface area contributed by atoms with Gasteiger partial charge in [-0.25, -0.2) is 0 Å². The Balaban J connectivity index is 1.42. The molecule has 1 atom stereocenters.